The zero-order valence-corrected chi connectivity index (χ0v) is 18.4. The Balaban J connectivity index is 2.47. The van der Waals surface area contributed by atoms with Gasteiger partial charge in [-0.15, -0.1) is 0 Å². The van der Waals surface area contributed by atoms with Gasteiger partial charge in [-0.2, -0.15) is 0 Å². The van der Waals surface area contributed by atoms with Crippen LogP contribution >= 0.6 is 0 Å². The number of methoxy groups -OCH3 is 1. The van der Waals surface area contributed by atoms with Crippen LogP contribution in [0.5, 0.6) is 0 Å². The molecule has 1 rings (SSSR count). The molecule has 1 aromatic carbocycles. The number of aliphatic hydroxyl groups excluding tert-OH is 1. The van der Waals surface area contributed by atoms with E-state index in [-0.39, 0.29) is 30.8 Å². The molecule has 0 radical (unpaired) electrons. The minimum atomic E-state index is -0.995. The first-order valence-electron chi connectivity index (χ1n) is 10.6. The van der Waals surface area contributed by atoms with Crippen LogP contribution in [0.1, 0.15) is 57.1 Å². The molecule has 0 heterocycles. The number of carbonyl (C=O) groups is 1. The highest BCUT2D eigenvalue weighted by molar-refractivity contribution is 5.97. The molecule has 30 heavy (non-hydrogen) atoms. The van der Waals surface area contributed by atoms with Gasteiger partial charge in [0.25, 0.3) is 0 Å². The molecule has 0 saturated carbocycles. The molecule has 0 bridgehead atoms. The van der Waals surface area contributed by atoms with E-state index in [4.69, 9.17) is 20.4 Å². The van der Waals surface area contributed by atoms with Gasteiger partial charge in [-0.05, 0) is 31.4 Å². The Kier molecular flexibility index (Phi) is 12.7. The van der Waals surface area contributed by atoms with Crippen molar-refractivity contribution in [2.45, 2.75) is 64.7 Å². The van der Waals surface area contributed by atoms with Gasteiger partial charge >= 0.3 is 0 Å². The van der Waals surface area contributed by atoms with Crippen molar-refractivity contribution in [3.8, 4) is 0 Å². The van der Waals surface area contributed by atoms with Crippen molar-refractivity contribution in [2.75, 3.05) is 26.9 Å². The van der Waals surface area contributed by atoms with Crippen LogP contribution < -0.4 is 5.73 Å². The highest BCUT2D eigenvalue weighted by atomic mass is 16.6. The van der Waals surface area contributed by atoms with E-state index in [1.54, 1.807) is 11.0 Å². The van der Waals surface area contributed by atoms with Gasteiger partial charge in [0.05, 0.1) is 26.2 Å². The number of carbonyl (C=O) groups excluding carboxylic acids is 1. The lowest BCUT2D eigenvalue weighted by Gasteiger charge is -2.31. The predicted octanol–water partition coefficient (Wildman–Crippen LogP) is 2.49. The Morgan fingerprint density at radius 3 is 2.73 bits per heavy atom. The molecule has 0 aliphatic rings. The molecule has 4 N–H and O–H groups in total. The molecule has 8 nitrogen and oxygen atoms in total. The normalized spacial score (nSPS) is 13.8. The zero-order valence-electron chi connectivity index (χ0n) is 18.4. The largest absolute Gasteiger partial charge is 0.409 e. The summed E-state index contributed by atoms with van der Waals surface area (Å²) >= 11 is 0. The maximum absolute atomic E-state index is 12.7. The molecule has 0 spiro atoms. The molecule has 1 aromatic rings. The number of amides is 1. The number of nitrogens with zero attached hydrogens (tertiary/aromatic N) is 2. The number of unbranched alkanes of at least 4 members (excludes halogenated alkanes) is 2. The summed E-state index contributed by atoms with van der Waals surface area (Å²) < 4.78 is 10.6. The predicted molar refractivity (Wildman–Crippen MR) is 116 cm³/mol. The fourth-order valence-corrected chi connectivity index (χ4v) is 3.16. The summed E-state index contributed by atoms with van der Waals surface area (Å²) in [6.45, 7) is 5.07. The van der Waals surface area contributed by atoms with E-state index < -0.39 is 6.29 Å². The number of rotatable bonds is 15. The molecule has 0 fully saturated rings. The SMILES string of the molecule is CCCCCC(C)N(CC(O)OC)C(=O)CCOCCc1cccc(/C(N)=N/O)c1. The van der Waals surface area contributed by atoms with Gasteiger partial charge in [-0.1, -0.05) is 49.5 Å². The average molecular weight is 424 g/mol. The standard InChI is InChI=1S/C22H37N3O5/c1-4-5-6-8-17(2)25(16-21(27)29-3)20(26)12-14-30-13-11-18-9-7-10-19(15-18)22(23)24-28/h7,9-10,15,17,21,27-28H,4-6,8,11-14,16H2,1-3H3,(H2,23,24). The van der Waals surface area contributed by atoms with Crippen LogP contribution in [0.4, 0.5) is 0 Å². The van der Waals surface area contributed by atoms with Gasteiger partial charge in [0, 0.05) is 18.7 Å². The van der Waals surface area contributed by atoms with Gasteiger partial charge in [0.1, 0.15) is 0 Å². The van der Waals surface area contributed by atoms with E-state index in [2.05, 4.69) is 12.1 Å². The molecular weight excluding hydrogens is 386 g/mol. The first kappa shape index (κ1) is 25.9. The van der Waals surface area contributed by atoms with E-state index in [9.17, 15) is 9.90 Å². The fraction of sp³-hybridized carbons (Fsp3) is 0.636. The number of hydrogen-bond donors (Lipinski definition) is 3. The van der Waals surface area contributed by atoms with E-state index in [1.807, 2.05) is 25.1 Å². The summed E-state index contributed by atoms with van der Waals surface area (Å²) in [5.74, 6) is 0.0128. The Bertz CT molecular complexity index is 653. The molecule has 2 atom stereocenters. The third kappa shape index (κ3) is 9.56. The number of hydrogen-bond acceptors (Lipinski definition) is 6. The van der Waals surface area contributed by atoms with Crippen molar-refractivity contribution in [3.05, 3.63) is 35.4 Å². The van der Waals surface area contributed by atoms with Crippen LogP contribution in [-0.4, -0.2) is 66.2 Å². The van der Waals surface area contributed by atoms with Crippen LogP contribution in [0.3, 0.4) is 0 Å². The van der Waals surface area contributed by atoms with Gasteiger partial charge in [-0.3, -0.25) is 4.79 Å². The van der Waals surface area contributed by atoms with Crippen molar-refractivity contribution in [1.29, 1.82) is 0 Å². The second kappa shape index (κ2) is 14.8. The zero-order chi connectivity index (χ0) is 22.4. The Morgan fingerprint density at radius 2 is 2.07 bits per heavy atom. The lowest BCUT2D eigenvalue weighted by atomic mass is 10.1. The summed E-state index contributed by atoms with van der Waals surface area (Å²) in [6.07, 6.45) is 4.10. The Morgan fingerprint density at radius 1 is 1.30 bits per heavy atom. The highest BCUT2D eigenvalue weighted by Gasteiger charge is 2.22. The van der Waals surface area contributed by atoms with Crippen LogP contribution in [0.15, 0.2) is 29.4 Å². The summed E-state index contributed by atoms with van der Waals surface area (Å²) in [7, 11) is 1.42. The summed E-state index contributed by atoms with van der Waals surface area (Å²) in [6, 6.07) is 7.42. The third-order valence-corrected chi connectivity index (χ3v) is 5.03. The van der Waals surface area contributed by atoms with Gasteiger partial charge in [0.2, 0.25) is 5.91 Å². The number of amidine groups is 1. The van der Waals surface area contributed by atoms with Crippen LogP contribution in [0, 0.1) is 0 Å². The molecular formula is C22H37N3O5. The van der Waals surface area contributed by atoms with Crippen molar-refractivity contribution < 1.29 is 24.6 Å². The van der Waals surface area contributed by atoms with E-state index in [0.29, 0.717) is 25.2 Å². The van der Waals surface area contributed by atoms with Gasteiger partial charge < -0.3 is 30.4 Å². The van der Waals surface area contributed by atoms with E-state index >= 15 is 0 Å². The fourth-order valence-electron chi connectivity index (χ4n) is 3.16. The third-order valence-electron chi connectivity index (χ3n) is 5.03. The van der Waals surface area contributed by atoms with Crippen LogP contribution in [-0.2, 0) is 20.7 Å². The summed E-state index contributed by atoms with van der Waals surface area (Å²) in [5, 5.41) is 21.6. The molecule has 170 valence electrons. The van der Waals surface area contributed by atoms with E-state index in [0.717, 1.165) is 31.2 Å². The molecule has 8 heteroatoms. The van der Waals surface area contributed by atoms with Crippen molar-refractivity contribution in [3.63, 3.8) is 0 Å². The van der Waals surface area contributed by atoms with Gasteiger partial charge in [0.15, 0.2) is 12.1 Å². The quantitative estimate of drug-likeness (QED) is 0.0996. The second-order valence-electron chi connectivity index (χ2n) is 7.38. The number of ether oxygens (including phenoxy) is 2. The minimum Gasteiger partial charge on any atom is -0.409 e. The number of benzene rings is 1. The van der Waals surface area contributed by atoms with Crippen LogP contribution in [0.2, 0.25) is 0 Å². The maximum atomic E-state index is 12.7. The van der Waals surface area contributed by atoms with Crippen molar-refractivity contribution in [1.82, 2.24) is 4.90 Å². The average Bonchev–Trinajstić information content (AvgIpc) is 2.76. The lowest BCUT2D eigenvalue weighted by molar-refractivity contribution is -0.145. The summed E-state index contributed by atoms with van der Waals surface area (Å²) in [5.41, 5.74) is 7.26. The Labute approximate surface area is 179 Å². The molecule has 0 aliphatic heterocycles. The minimum absolute atomic E-state index is 0.0373. The smallest absolute Gasteiger partial charge is 0.225 e. The molecule has 0 saturated heterocycles. The second-order valence-corrected chi connectivity index (χ2v) is 7.38. The van der Waals surface area contributed by atoms with Crippen molar-refractivity contribution >= 4 is 11.7 Å². The number of nitrogens with two attached hydrogens (primary N) is 1. The Hall–Kier alpha value is -2.16. The highest BCUT2D eigenvalue weighted by Crippen LogP contribution is 2.13. The monoisotopic (exact) mass is 423 g/mol. The number of aliphatic hydroxyl groups is 1. The topological polar surface area (TPSA) is 118 Å². The molecule has 0 aromatic heterocycles. The molecule has 2 unspecified atom stereocenters. The first-order valence-corrected chi connectivity index (χ1v) is 10.6. The molecule has 0 aliphatic carbocycles. The maximum Gasteiger partial charge on any atom is 0.225 e. The van der Waals surface area contributed by atoms with E-state index in [1.165, 1.54) is 7.11 Å². The first-order chi connectivity index (χ1) is 14.4. The van der Waals surface area contributed by atoms with Gasteiger partial charge in [-0.25, -0.2) is 0 Å². The van der Waals surface area contributed by atoms with Crippen molar-refractivity contribution in [2.24, 2.45) is 10.9 Å². The molecule has 1 amide bonds. The lowest BCUT2D eigenvalue weighted by Crippen LogP contribution is -2.44. The number of oxime groups is 1. The summed E-state index contributed by atoms with van der Waals surface area (Å²) in [4.78, 5) is 14.4. The van der Waals surface area contributed by atoms with Crippen LogP contribution in [0.25, 0.3) is 0 Å².